The molecule has 0 spiro atoms. The van der Waals surface area contributed by atoms with Crippen LogP contribution in [0.3, 0.4) is 0 Å². The molecule has 1 N–H and O–H groups in total. The van der Waals surface area contributed by atoms with Gasteiger partial charge in [-0.3, -0.25) is 10.1 Å². The number of anilines is 1. The van der Waals surface area contributed by atoms with Gasteiger partial charge in [0.25, 0.3) is 5.91 Å². The minimum Gasteiger partial charge on any atom is -0.477 e. The van der Waals surface area contributed by atoms with Gasteiger partial charge in [0.05, 0.1) is 18.8 Å². The second kappa shape index (κ2) is 8.14. The fourth-order valence-corrected chi connectivity index (χ4v) is 3.73. The number of nitrogens with one attached hydrogen (secondary N) is 1. The molecule has 0 aliphatic carbocycles. The zero-order chi connectivity index (χ0) is 20.3. The Kier molecular flexibility index (Phi) is 5.83. The third-order valence-corrected chi connectivity index (χ3v) is 4.90. The lowest BCUT2D eigenvalue weighted by Crippen LogP contribution is -2.39. The molecule has 2 aromatic heterocycles. The molecule has 1 aliphatic rings. The van der Waals surface area contributed by atoms with Crippen LogP contribution in [0.5, 0.6) is 5.88 Å². The van der Waals surface area contributed by atoms with Crippen molar-refractivity contribution in [2.24, 2.45) is 0 Å². The van der Waals surface area contributed by atoms with E-state index in [4.69, 9.17) is 9.47 Å². The molecule has 8 nitrogen and oxygen atoms in total. The van der Waals surface area contributed by atoms with E-state index in [1.807, 2.05) is 27.7 Å². The number of carbonyl (C=O) groups excluding carboxylic acids is 2. The molecule has 0 aromatic carbocycles. The first-order valence-electron chi connectivity index (χ1n) is 9.12. The van der Waals surface area contributed by atoms with Crippen LogP contribution in [0, 0.1) is 0 Å². The molecular formula is C19H24N4O4S. The summed E-state index contributed by atoms with van der Waals surface area (Å²) in [6, 6.07) is 3.34. The van der Waals surface area contributed by atoms with Crippen molar-refractivity contribution in [3.05, 3.63) is 34.5 Å². The van der Waals surface area contributed by atoms with Gasteiger partial charge in [-0.2, -0.15) is 0 Å². The summed E-state index contributed by atoms with van der Waals surface area (Å²) in [6.07, 6.45) is 1.86. The van der Waals surface area contributed by atoms with Crippen LogP contribution >= 0.6 is 11.3 Å². The Hall–Kier alpha value is -2.68. The van der Waals surface area contributed by atoms with E-state index in [0.717, 1.165) is 10.6 Å². The van der Waals surface area contributed by atoms with Crippen LogP contribution in [0.4, 0.5) is 9.93 Å². The number of hydrogen-bond acceptors (Lipinski definition) is 7. The zero-order valence-electron chi connectivity index (χ0n) is 16.4. The molecule has 9 heteroatoms. The van der Waals surface area contributed by atoms with Crippen LogP contribution in [0.15, 0.2) is 18.3 Å². The SMILES string of the molecule is CCOc1ncccc1C(=O)Nc1nc2c(s1)CN(C(=O)OC(C)(C)C)CC2. The Morgan fingerprint density at radius 3 is 2.86 bits per heavy atom. The summed E-state index contributed by atoms with van der Waals surface area (Å²) in [5, 5.41) is 3.30. The average Bonchev–Trinajstić information content (AvgIpc) is 3.02. The van der Waals surface area contributed by atoms with Crippen LogP contribution in [-0.4, -0.2) is 45.6 Å². The lowest BCUT2D eigenvalue weighted by molar-refractivity contribution is 0.0225. The Bertz CT molecular complexity index is 875. The summed E-state index contributed by atoms with van der Waals surface area (Å²) in [4.78, 5) is 36.1. The maximum absolute atomic E-state index is 12.6. The number of thiazole rings is 1. The molecular weight excluding hydrogens is 380 g/mol. The molecule has 1 aliphatic heterocycles. The Morgan fingerprint density at radius 2 is 2.14 bits per heavy atom. The molecule has 0 saturated heterocycles. The lowest BCUT2D eigenvalue weighted by atomic mass is 10.2. The molecule has 3 rings (SSSR count). The van der Waals surface area contributed by atoms with Crippen molar-refractivity contribution in [3.8, 4) is 5.88 Å². The Balaban J connectivity index is 1.69. The van der Waals surface area contributed by atoms with Crippen LogP contribution in [0.25, 0.3) is 0 Å². The lowest BCUT2D eigenvalue weighted by Gasteiger charge is -2.29. The molecule has 0 atom stereocenters. The van der Waals surface area contributed by atoms with Crippen LogP contribution in [0.2, 0.25) is 0 Å². The van der Waals surface area contributed by atoms with Crippen LogP contribution in [0.1, 0.15) is 48.6 Å². The smallest absolute Gasteiger partial charge is 0.410 e. The second-order valence-corrected chi connectivity index (χ2v) is 8.37. The quantitative estimate of drug-likeness (QED) is 0.838. The fraction of sp³-hybridized carbons (Fsp3) is 0.474. The number of ether oxygens (including phenoxy) is 2. The first-order chi connectivity index (χ1) is 13.3. The van der Waals surface area contributed by atoms with Gasteiger partial charge < -0.3 is 14.4 Å². The fourth-order valence-electron chi connectivity index (χ4n) is 2.71. The highest BCUT2D eigenvalue weighted by Gasteiger charge is 2.28. The normalized spacial score (nSPS) is 13.6. The van der Waals surface area contributed by atoms with E-state index in [-0.39, 0.29) is 12.0 Å². The van der Waals surface area contributed by atoms with Gasteiger partial charge in [0.1, 0.15) is 11.2 Å². The van der Waals surface area contributed by atoms with E-state index >= 15 is 0 Å². The van der Waals surface area contributed by atoms with Gasteiger partial charge >= 0.3 is 6.09 Å². The van der Waals surface area contributed by atoms with E-state index in [0.29, 0.717) is 42.7 Å². The van der Waals surface area contributed by atoms with Gasteiger partial charge in [-0.05, 0) is 39.8 Å². The third-order valence-electron chi connectivity index (χ3n) is 3.90. The van der Waals surface area contributed by atoms with E-state index in [9.17, 15) is 9.59 Å². The third kappa shape index (κ3) is 4.78. The van der Waals surface area contributed by atoms with Crippen molar-refractivity contribution < 1.29 is 19.1 Å². The molecule has 3 heterocycles. The standard InChI is InChI=1S/C19H24N4O4S/c1-5-26-16-12(7-6-9-20-16)15(24)22-17-21-13-8-10-23(11-14(13)28-17)18(25)27-19(2,3)4/h6-7,9H,5,8,10-11H2,1-4H3,(H,21,22,24). The number of amides is 2. The topological polar surface area (TPSA) is 93.6 Å². The van der Waals surface area contributed by atoms with E-state index in [1.165, 1.54) is 11.3 Å². The first kappa shape index (κ1) is 20.1. The Morgan fingerprint density at radius 1 is 1.36 bits per heavy atom. The summed E-state index contributed by atoms with van der Waals surface area (Å²) in [5.74, 6) is -0.0356. The van der Waals surface area contributed by atoms with Crippen molar-refractivity contribution in [1.29, 1.82) is 0 Å². The van der Waals surface area contributed by atoms with Crippen molar-refractivity contribution in [3.63, 3.8) is 0 Å². The number of fused-ring (bicyclic) bond motifs is 1. The van der Waals surface area contributed by atoms with Crippen molar-refractivity contribution in [2.45, 2.75) is 46.3 Å². The molecule has 0 saturated carbocycles. The summed E-state index contributed by atoms with van der Waals surface area (Å²) < 4.78 is 10.8. The predicted molar refractivity (Wildman–Crippen MR) is 106 cm³/mol. The average molecular weight is 404 g/mol. The highest BCUT2D eigenvalue weighted by atomic mass is 32.1. The van der Waals surface area contributed by atoms with Crippen molar-refractivity contribution in [1.82, 2.24) is 14.9 Å². The minimum absolute atomic E-state index is 0.292. The van der Waals surface area contributed by atoms with Gasteiger partial charge in [0, 0.05) is 24.0 Å². The van der Waals surface area contributed by atoms with Gasteiger partial charge in [0.2, 0.25) is 5.88 Å². The van der Waals surface area contributed by atoms with Gasteiger partial charge in [-0.1, -0.05) is 11.3 Å². The Labute approximate surface area is 167 Å². The number of nitrogens with zero attached hydrogens (tertiary/aromatic N) is 3. The van der Waals surface area contributed by atoms with Gasteiger partial charge in [-0.25, -0.2) is 14.8 Å². The van der Waals surface area contributed by atoms with Crippen molar-refractivity contribution in [2.75, 3.05) is 18.5 Å². The summed E-state index contributed by atoms with van der Waals surface area (Å²) >= 11 is 1.36. The first-order valence-corrected chi connectivity index (χ1v) is 9.94. The molecule has 28 heavy (non-hydrogen) atoms. The predicted octanol–water partition coefficient (Wildman–Crippen LogP) is 3.48. The van der Waals surface area contributed by atoms with E-state index in [2.05, 4.69) is 15.3 Å². The molecule has 0 unspecified atom stereocenters. The van der Waals surface area contributed by atoms with Gasteiger partial charge in [-0.15, -0.1) is 0 Å². The van der Waals surface area contributed by atoms with E-state index < -0.39 is 5.60 Å². The number of rotatable bonds is 4. The van der Waals surface area contributed by atoms with Crippen molar-refractivity contribution >= 4 is 28.5 Å². The highest BCUT2D eigenvalue weighted by molar-refractivity contribution is 7.15. The zero-order valence-corrected chi connectivity index (χ0v) is 17.3. The van der Waals surface area contributed by atoms with Crippen LogP contribution < -0.4 is 10.1 Å². The maximum atomic E-state index is 12.6. The molecule has 2 aromatic rings. The molecule has 0 bridgehead atoms. The number of carbonyl (C=O) groups is 2. The van der Waals surface area contributed by atoms with Gasteiger partial charge in [0.15, 0.2) is 5.13 Å². The number of hydrogen-bond donors (Lipinski definition) is 1. The second-order valence-electron chi connectivity index (χ2n) is 7.28. The summed E-state index contributed by atoms with van der Waals surface area (Å²) in [7, 11) is 0. The van der Waals surface area contributed by atoms with E-state index in [1.54, 1.807) is 23.2 Å². The highest BCUT2D eigenvalue weighted by Crippen LogP contribution is 2.29. The summed E-state index contributed by atoms with van der Waals surface area (Å²) in [5.41, 5.74) is 0.718. The molecule has 0 fully saturated rings. The maximum Gasteiger partial charge on any atom is 0.410 e. The monoisotopic (exact) mass is 404 g/mol. The van der Waals surface area contributed by atoms with Crippen LogP contribution in [-0.2, 0) is 17.7 Å². The minimum atomic E-state index is -0.536. The molecule has 2 amide bonds. The summed E-state index contributed by atoms with van der Waals surface area (Å²) in [6.45, 7) is 8.75. The molecule has 150 valence electrons. The largest absolute Gasteiger partial charge is 0.477 e. The molecule has 0 radical (unpaired) electrons. The number of pyridine rings is 1. The number of aromatic nitrogens is 2.